The van der Waals surface area contributed by atoms with Gasteiger partial charge in [0.25, 0.3) is 0 Å². The summed E-state index contributed by atoms with van der Waals surface area (Å²) in [4.78, 5) is 10.9. The van der Waals surface area contributed by atoms with Crippen molar-refractivity contribution < 1.29 is 19.4 Å². The highest BCUT2D eigenvalue weighted by atomic mass is 79.9. The number of halogens is 1. The van der Waals surface area contributed by atoms with Crippen molar-refractivity contribution in [1.82, 2.24) is 5.32 Å². The molecule has 0 aromatic heterocycles. The first kappa shape index (κ1) is 19.3. The van der Waals surface area contributed by atoms with Crippen molar-refractivity contribution >= 4 is 21.9 Å². The number of ether oxygens (including phenoxy) is 2. The summed E-state index contributed by atoms with van der Waals surface area (Å²) in [5, 5.41) is 11.9. The fourth-order valence-corrected chi connectivity index (χ4v) is 2.90. The molecular weight excluding hydrogens is 386 g/mol. The van der Waals surface area contributed by atoms with E-state index in [2.05, 4.69) is 21.2 Å². The first-order valence-electron chi connectivity index (χ1n) is 7.92. The number of carbonyl (C=O) groups is 1. The highest BCUT2D eigenvalue weighted by Gasteiger charge is 2.14. The van der Waals surface area contributed by atoms with Crippen molar-refractivity contribution in [2.45, 2.75) is 33.0 Å². The first-order valence-corrected chi connectivity index (χ1v) is 8.71. The minimum absolute atomic E-state index is 0.417. The fourth-order valence-electron chi connectivity index (χ4n) is 2.30. The lowest BCUT2D eigenvalue weighted by atomic mass is 10.1. The highest BCUT2D eigenvalue weighted by molar-refractivity contribution is 9.10. The van der Waals surface area contributed by atoms with Crippen LogP contribution in [0.15, 0.2) is 40.9 Å². The molecule has 0 bridgehead atoms. The minimum Gasteiger partial charge on any atom is -0.493 e. The van der Waals surface area contributed by atoms with E-state index in [4.69, 9.17) is 14.6 Å². The lowest BCUT2D eigenvalue weighted by Crippen LogP contribution is -2.33. The SMILES string of the molecule is COc1cc(CNC(C)C(=O)O)cc(Br)c1OCc1ccccc1C. The molecule has 0 fully saturated rings. The number of hydrogen-bond acceptors (Lipinski definition) is 4. The van der Waals surface area contributed by atoms with E-state index < -0.39 is 12.0 Å². The molecule has 2 N–H and O–H groups in total. The Balaban J connectivity index is 2.13. The maximum Gasteiger partial charge on any atom is 0.320 e. The summed E-state index contributed by atoms with van der Waals surface area (Å²) in [5.41, 5.74) is 3.18. The van der Waals surface area contributed by atoms with Crippen LogP contribution in [0.1, 0.15) is 23.6 Å². The summed E-state index contributed by atoms with van der Waals surface area (Å²) < 4.78 is 12.2. The molecule has 0 radical (unpaired) electrons. The van der Waals surface area contributed by atoms with Crippen molar-refractivity contribution in [1.29, 1.82) is 0 Å². The van der Waals surface area contributed by atoms with Crippen LogP contribution in [-0.2, 0) is 17.9 Å². The largest absolute Gasteiger partial charge is 0.493 e. The molecule has 2 aromatic rings. The molecule has 0 spiro atoms. The van der Waals surface area contributed by atoms with E-state index in [1.54, 1.807) is 14.0 Å². The van der Waals surface area contributed by atoms with E-state index in [0.29, 0.717) is 24.7 Å². The molecule has 2 aromatic carbocycles. The number of aliphatic carboxylic acids is 1. The van der Waals surface area contributed by atoms with Gasteiger partial charge in [-0.1, -0.05) is 24.3 Å². The maximum atomic E-state index is 10.9. The quantitative estimate of drug-likeness (QED) is 0.694. The van der Waals surface area contributed by atoms with Crippen molar-refractivity contribution in [3.8, 4) is 11.5 Å². The number of methoxy groups -OCH3 is 1. The van der Waals surface area contributed by atoms with Gasteiger partial charge in [-0.05, 0) is 58.6 Å². The highest BCUT2D eigenvalue weighted by Crippen LogP contribution is 2.37. The molecule has 0 aliphatic carbocycles. The second kappa shape index (κ2) is 8.87. The molecule has 6 heteroatoms. The van der Waals surface area contributed by atoms with E-state index in [0.717, 1.165) is 15.6 Å². The monoisotopic (exact) mass is 407 g/mol. The van der Waals surface area contributed by atoms with Crippen LogP contribution in [-0.4, -0.2) is 24.2 Å². The van der Waals surface area contributed by atoms with Gasteiger partial charge in [0.2, 0.25) is 0 Å². The first-order chi connectivity index (χ1) is 11.9. The van der Waals surface area contributed by atoms with Crippen LogP contribution in [0, 0.1) is 6.92 Å². The van der Waals surface area contributed by atoms with Crippen LogP contribution in [0.5, 0.6) is 11.5 Å². The molecule has 0 amide bonds. The van der Waals surface area contributed by atoms with Crippen molar-refractivity contribution in [3.05, 3.63) is 57.6 Å². The van der Waals surface area contributed by atoms with Crippen LogP contribution in [0.2, 0.25) is 0 Å². The summed E-state index contributed by atoms with van der Waals surface area (Å²) >= 11 is 3.52. The van der Waals surface area contributed by atoms with Crippen LogP contribution < -0.4 is 14.8 Å². The molecular formula is C19H22BrNO4. The molecule has 1 unspecified atom stereocenters. The summed E-state index contributed by atoms with van der Waals surface area (Å²) in [6.45, 7) is 4.51. The van der Waals surface area contributed by atoms with Gasteiger partial charge in [-0.2, -0.15) is 0 Å². The van der Waals surface area contributed by atoms with Gasteiger partial charge in [-0.25, -0.2) is 0 Å². The molecule has 5 nitrogen and oxygen atoms in total. The van der Waals surface area contributed by atoms with Gasteiger partial charge < -0.3 is 19.9 Å². The number of hydrogen-bond donors (Lipinski definition) is 2. The van der Waals surface area contributed by atoms with Crippen molar-refractivity contribution in [3.63, 3.8) is 0 Å². The topological polar surface area (TPSA) is 67.8 Å². The Morgan fingerprint density at radius 2 is 2.04 bits per heavy atom. The molecule has 134 valence electrons. The summed E-state index contributed by atoms with van der Waals surface area (Å²) in [6, 6.07) is 11.2. The van der Waals surface area contributed by atoms with Crippen molar-refractivity contribution in [2.24, 2.45) is 0 Å². The Labute approximate surface area is 156 Å². The van der Waals surface area contributed by atoms with Gasteiger partial charge in [0, 0.05) is 6.54 Å². The predicted molar refractivity (Wildman–Crippen MR) is 100 cm³/mol. The third-order valence-corrected chi connectivity index (χ3v) is 4.49. The minimum atomic E-state index is -0.885. The van der Waals surface area contributed by atoms with Crippen LogP contribution in [0.4, 0.5) is 0 Å². The Bertz CT molecular complexity index is 748. The van der Waals surface area contributed by atoms with E-state index in [1.165, 1.54) is 5.56 Å². The van der Waals surface area contributed by atoms with Gasteiger partial charge in [0.05, 0.1) is 11.6 Å². The molecule has 0 aliphatic rings. The van der Waals surface area contributed by atoms with Gasteiger partial charge in [0.15, 0.2) is 11.5 Å². The number of aryl methyl sites for hydroxylation is 1. The zero-order chi connectivity index (χ0) is 18.4. The lowest BCUT2D eigenvalue weighted by molar-refractivity contribution is -0.139. The molecule has 0 saturated carbocycles. The number of carboxylic acids is 1. The lowest BCUT2D eigenvalue weighted by Gasteiger charge is -2.16. The van der Waals surface area contributed by atoms with Gasteiger partial charge >= 0.3 is 5.97 Å². The standard InChI is InChI=1S/C19H22BrNO4/c1-12-6-4-5-7-15(12)11-25-18-16(20)8-14(9-17(18)24-3)10-21-13(2)19(22)23/h4-9,13,21H,10-11H2,1-3H3,(H,22,23). The Morgan fingerprint density at radius 3 is 2.68 bits per heavy atom. The average molecular weight is 408 g/mol. The summed E-state index contributed by atoms with van der Waals surface area (Å²) in [6.07, 6.45) is 0. The zero-order valence-electron chi connectivity index (χ0n) is 14.5. The normalized spacial score (nSPS) is 11.8. The summed E-state index contributed by atoms with van der Waals surface area (Å²) in [5.74, 6) is 0.340. The van der Waals surface area contributed by atoms with Crippen LogP contribution >= 0.6 is 15.9 Å². The van der Waals surface area contributed by atoms with E-state index in [9.17, 15) is 4.79 Å². The third-order valence-electron chi connectivity index (χ3n) is 3.91. The fraction of sp³-hybridized carbons (Fsp3) is 0.316. The Morgan fingerprint density at radius 1 is 1.32 bits per heavy atom. The van der Waals surface area contributed by atoms with E-state index in [-0.39, 0.29) is 0 Å². The zero-order valence-corrected chi connectivity index (χ0v) is 16.1. The average Bonchev–Trinajstić information content (AvgIpc) is 2.59. The van der Waals surface area contributed by atoms with Gasteiger partial charge in [0.1, 0.15) is 12.6 Å². The Kier molecular flexibility index (Phi) is 6.84. The number of benzene rings is 2. The maximum absolute atomic E-state index is 10.9. The summed E-state index contributed by atoms with van der Waals surface area (Å²) in [7, 11) is 1.58. The third kappa shape index (κ3) is 5.21. The molecule has 25 heavy (non-hydrogen) atoms. The molecule has 1 atom stereocenters. The number of nitrogens with one attached hydrogen (secondary N) is 1. The van der Waals surface area contributed by atoms with Gasteiger partial charge in [-0.15, -0.1) is 0 Å². The second-order valence-electron chi connectivity index (χ2n) is 5.77. The number of rotatable bonds is 8. The molecule has 0 heterocycles. The van der Waals surface area contributed by atoms with Crippen molar-refractivity contribution in [2.75, 3.05) is 7.11 Å². The van der Waals surface area contributed by atoms with Crippen LogP contribution in [0.3, 0.4) is 0 Å². The molecule has 0 aliphatic heterocycles. The smallest absolute Gasteiger partial charge is 0.320 e. The van der Waals surface area contributed by atoms with Crippen LogP contribution in [0.25, 0.3) is 0 Å². The molecule has 0 saturated heterocycles. The second-order valence-corrected chi connectivity index (χ2v) is 6.62. The van der Waals surface area contributed by atoms with E-state index >= 15 is 0 Å². The molecule has 2 rings (SSSR count). The van der Waals surface area contributed by atoms with E-state index in [1.807, 2.05) is 43.3 Å². The Hall–Kier alpha value is -2.05. The van der Waals surface area contributed by atoms with Gasteiger partial charge in [-0.3, -0.25) is 4.79 Å². The number of carboxylic acid groups (broad SMARTS) is 1. The predicted octanol–water partition coefficient (Wildman–Crippen LogP) is 3.91.